The molecule has 1 fully saturated rings. The molecule has 2 aromatic carbocycles. The molecule has 0 atom stereocenters. The fraction of sp³-hybridized carbons (Fsp3) is 0.292. The average molecular weight is 431 g/mol. The second-order valence-corrected chi connectivity index (χ2v) is 7.93. The van der Waals surface area contributed by atoms with Crippen molar-refractivity contribution in [3.05, 3.63) is 54.1 Å². The molecule has 5 rings (SSSR count). The van der Waals surface area contributed by atoms with E-state index in [1.165, 1.54) is 6.42 Å². The van der Waals surface area contributed by atoms with Gasteiger partial charge in [-0.2, -0.15) is 15.0 Å². The first kappa shape index (κ1) is 20.1. The molecule has 8 nitrogen and oxygen atoms in total. The van der Waals surface area contributed by atoms with Crippen LogP contribution in [0.3, 0.4) is 0 Å². The molecule has 1 saturated heterocycles. The Morgan fingerprint density at radius 2 is 1.75 bits per heavy atom. The molecule has 2 aromatic heterocycles. The van der Waals surface area contributed by atoms with E-state index in [0.29, 0.717) is 17.6 Å². The lowest BCUT2D eigenvalue weighted by atomic mass is 10.1. The molecule has 0 saturated carbocycles. The molecule has 164 valence electrons. The minimum atomic E-state index is 0.403. The van der Waals surface area contributed by atoms with Crippen LogP contribution in [0.25, 0.3) is 11.2 Å². The van der Waals surface area contributed by atoms with Gasteiger partial charge in [-0.05, 0) is 68.1 Å². The van der Waals surface area contributed by atoms with E-state index in [-0.39, 0.29) is 0 Å². The van der Waals surface area contributed by atoms with Crippen LogP contribution in [0.4, 0.5) is 17.5 Å². The van der Waals surface area contributed by atoms with Gasteiger partial charge in [0.2, 0.25) is 5.95 Å². The van der Waals surface area contributed by atoms with Gasteiger partial charge in [-0.15, -0.1) is 0 Å². The van der Waals surface area contributed by atoms with Crippen molar-refractivity contribution in [2.24, 2.45) is 0 Å². The lowest BCUT2D eigenvalue weighted by molar-refractivity contribution is 0.415. The van der Waals surface area contributed by atoms with Crippen LogP contribution in [-0.4, -0.2) is 40.1 Å². The van der Waals surface area contributed by atoms with E-state index in [1.807, 2.05) is 55.5 Å². The topological polar surface area (TPSA) is 88.2 Å². The minimum Gasteiger partial charge on any atom is -0.497 e. The van der Waals surface area contributed by atoms with Crippen molar-refractivity contribution in [2.45, 2.75) is 26.2 Å². The van der Waals surface area contributed by atoms with Gasteiger partial charge in [0.15, 0.2) is 11.5 Å². The largest absolute Gasteiger partial charge is 0.497 e. The number of H-pyrrole nitrogens is 1. The molecule has 4 aromatic rings. The molecule has 2 N–H and O–H groups in total. The monoisotopic (exact) mass is 430 g/mol. The minimum absolute atomic E-state index is 0.403. The summed E-state index contributed by atoms with van der Waals surface area (Å²) in [5, 5.41) is 3.29. The van der Waals surface area contributed by atoms with Gasteiger partial charge < -0.3 is 24.7 Å². The summed E-state index contributed by atoms with van der Waals surface area (Å²) in [4.78, 5) is 19.7. The Labute approximate surface area is 186 Å². The summed E-state index contributed by atoms with van der Waals surface area (Å²) in [5.74, 6) is 2.87. The maximum absolute atomic E-state index is 5.98. The van der Waals surface area contributed by atoms with Crippen LogP contribution >= 0.6 is 0 Å². The van der Waals surface area contributed by atoms with Crippen LogP contribution in [0.15, 0.2) is 48.5 Å². The predicted molar refractivity (Wildman–Crippen MR) is 125 cm³/mol. The Kier molecular flexibility index (Phi) is 5.49. The molecule has 8 heteroatoms. The molecule has 0 bridgehead atoms. The number of hydrogen-bond acceptors (Lipinski definition) is 7. The SMILES string of the molecule is COc1ccc(Nc2nc(N3CCCCC3)c3[nH]c(Oc4cccc(C)c4)nc3n2)cc1. The zero-order valence-electron chi connectivity index (χ0n) is 18.3. The number of rotatable bonds is 6. The second-order valence-electron chi connectivity index (χ2n) is 7.93. The van der Waals surface area contributed by atoms with Crippen LogP contribution < -0.4 is 19.7 Å². The molecule has 32 heavy (non-hydrogen) atoms. The smallest absolute Gasteiger partial charge is 0.301 e. The molecule has 0 unspecified atom stereocenters. The summed E-state index contributed by atoms with van der Waals surface area (Å²) >= 11 is 0. The number of hydrogen-bond donors (Lipinski definition) is 2. The molecule has 1 aliphatic rings. The van der Waals surface area contributed by atoms with Gasteiger partial charge in [0, 0.05) is 18.8 Å². The summed E-state index contributed by atoms with van der Waals surface area (Å²) in [6.07, 6.45) is 3.54. The number of methoxy groups -OCH3 is 1. The van der Waals surface area contributed by atoms with E-state index in [9.17, 15) is 0 Å². The Morgan fingerprint density at radius 1 is 0.938 bits per heavy atom. The third-order valence-electron chi connectivity index (χ3n) is 5.52. The Bertz CT molecular complexity index is 1220. The average Bonchev–Trinajstić information content (AvgIpc) is 3.22. The Hall–Kier alpha value is -3.81. The summed E-state index contributed by atoms with van der Waals surface area (Å²) in [6.45, 7) is 3.95. The van der Waals surface area contributed by atoms with Crippen LogP contribution in [0.1, 0.15) is 24.8 Å². The number of aromatic amines is 1. The molecule has 0 aliphatic carbocycles. The maximum Gasteiger partial charge on any atom is 0.301 e. The van der Waals surface area contributed by atoms with Crippen LogP contribution in [0.5, 0.6) is 17.5 Å². The van der Waals surface area contributed by atoms with Gasteiger partial charge >= 0.3 is 6.01 Å². The number of ether oxygens (including phenoxy) is 2. The Balaban J connectivity index is 1.51. The van der Waals surface area contributed by atoms with Crippen molar-refractivity contribution in [1.29, 1.82) is 0 Å². The van der Waals surface area contributed by atoms with Crippen LogP contribution in [0, 0.1) is 6.92 Å². The molecular weight excluding hydrogens is 404 g/mol. The summed E-state index contributed by atoms with van der Waals surface area (Å²) < 4.78 is 11.2. The normalized spacial score (nSPS) is 13.9. The zero-order chi connectivity index (χ0) is 21.9. The molecule has 0 amide bonds. The number of fused-ring (bicyclic) bond motifs is 1. The highest BCUT2D eigenvalue weighted by molar-refractivity contribution is 5.85. The number of benzene rings is 2. The number of aryl methyl sites for hydroxylation is 1. The summed E-state index contributed by atoms with van der Waals surface area (Å²) in [7, 11) is 1.65. The zero-order valence-corrected chi connectivity index (χ0v) is 18.3. The van der Waals surface area contributed by atoms with Crippen LogP contribution in [0.2, 0.25) is 0 Å². The molecule has 3 heterocycles. The van der Waals surface area contributed by atoms with Crippen molar-refractivity contribution in [2.75, 3.05) is 30.4 Å². The third-order valence-corrected chi connectivity index (χ3v) is 5.52. The quantitative estimate of drug-likeness (QED) is 0.435. The van der Waals surface area contributed by atoms with Gasteiger partial charge in [0.1, 0.15) is 17.0 Å². The molecule has 1 aliphatic heterocycles. The van der Waals surface area contributed by atoms with Crippen molar-refractivity contribution in [3.63, 3.8) is 0 Å². The van der Waals surface area contributed by atoms with Gasteiger partial charge in [-0.1, -0.05) is 12.1 Å². The first-order valence-corrected chi connectivity index (χ1v) is 10.9. The summed E-state index contributed by atoms with van der Waals surface area (Å²) in [5.41, 5.74) is 3.36. The highest BCUT2D eigenvalue weighted by atomic mass is 16.5. The number of nitrogens with one attached hydrogen (secondary N) is 2. The lowest BCUT2D eigenvalue weighted by Gasteiger charge is -2.28. The number of imidazole rings is 1. The van der Waals surface area contributed by atoms with E-state index >= 15 is 0 Å². The Morgan fingerprint density at radius 3 is 2.50 bits per heavy atom. The lowest BCUT2D eigenvalue weighted by Crippen LogP contribution is -2.30. The number of aromatic nitrogens is 4. The van der Waals surface area contributed by atoms with Crippen molar-refractivity contribution < 1.29 is 9.47 Å². The maximum atomic E-state index is 5.98. The number of nitrogens with zero attached hydrogens (tertiary/aromatic N) is 4. The van der Waals surface area contributed by atoms with Crippen LogP contribution in [-0.2, 0) is 0 Å². The van der Waals surface area contributed by atoms with Gasteiger partial charge in [-0.3, -0.25) is 0 Å². The highest BCUT2D eigenvalue weighted by Crippen LogP contribution is 2.30. The number of anilines is 3. The predicted octanol–water partition coefficient (Wildman–Crippen LogP) is 5.20. The third kappa shape index (κ3) is 4.30. The molecule has 0 spiro atoms. The first-order valence-electron chi connectivity index (χ1n) is 10.9. The van der Waals surface area contributed by atoms with E-state index in [2.05, 4.69) is 25.2 Å². The van der Waals surface area contributed by atoms with E-state index in [4.69, 9.17) is 14.5 Å². The van der Waals surface area contributed by atoms with E-state index < -0.39 is 0 Å². The second kappa shape index (κ2) is 8.74. The fourth-order valence-corrected chi connectivity index (χ4v) is 3.89. The van der Waals surface area contributed by atoms with Crippen molar-refractivity contribution in [1.82, 2.24) is 19.9 Å². The van der Waals surface area contributed by atoms with Crippen molar-refractivity contribution >= 4 is 28.6 Å². The molecular formula is C24H26N6O2. The van der Waals surface area contributed by atoms with Gasteiger partial charge in [-0.25, -0.2) is 0 Å². The van der Waals surface area contributed by atoms with Crippen molar-refractivity contribution in [3.8, 4) is 17.5 Å². The van der Waals surface area contributed by atoms with Gasteiger partial charge in [0.05, 0.1) is 7.11 Å². The standard InChI is InChI=1S/C24H26N6O2/c1-16-7-6-8-19(15-16)32-24-26-20-21(28-24)27-23(25-17-9-11-18(31-2)12-10-17)29-22(20)30-13-4-3-5-14-30/h6-12,15H,3-5,13-14H2,1-2H3,(H2,25,26,27,28,29). The number of piperidine rings is 1. The fourth-order valence-electron chi connectivity index (χ4n) is 3.89. The first-order chi connectivity index (χ1) is 15.7. The summed E-state index contributed by atoms with van der Waals surface area (Å²) in [6, 6.07) is 15.9. The highest BCUT2D eigenvalue weighted by Gasteiger charge is 2.20. The van der Waals surface area contributed by atoms with E-state index in [0.717, 1.165) is 60.0 Å². The molecule has 0 radical (unpaired) electrons. The van der Waals surface area contributed by atoms with Gasteiger partial charge in [0.25, 0.3) is 0 Å². The van der Waals surface area contributed by atoms with E-state index in [1.54, 1.807) is 7.11 Å².